The van der Waals surface area contributed by atoms with E-state index in [2.05, 4.69) is 138 Å². The Morgan fingerprint density at radius 3 is 1.59 bits per heavy atom. The molecule has 0 aliphatic heterocycles. The highest BCUT2D eigenvalue weighted by Crippen LogP contribution is 2.41. The van der Waals surface area contributed by atoms with Gasteiger partial charge in [0.25, 0.3) is 0 Å². The molecular formula is C44H26N4O. The van der Waals surface area contributed by atoms with Crippen LogP contribution in [0.3, 0.4) is 0 Å². The topological polar surface area (TPSA) is 64.7 Å². The van der Waals surface area contributed by atoms with Gasteiger partial charge < -0.3 is 4.42 Å². The summed E-state index contributed by atoms with van der Waals surface area (Å²) in [5, 5.41) is 8.83. The van der Waals surface area contributed by atoms with Crippen molar-refractivity contribution in [1.82, 2.24) is 19.9 Å². The molecule has 0 atom stereocenters. The smallest absolute Gasteiger partial charge is 0.227 e. The van der Waals surface area contributed by atoms with Crippen LogP contribution in [0.25, 0.3) is 99.7 Å². The Morgan fingerprint density at radius 1 is 0.388 bits per heavy atom. The maximum atomic E-state index is 6.15. The van der Waals surface area contributed by atoms with Crippen LogP contribution in [0.5, 0.6) is 0 Å². The van der Waals surface area contributed by atoms with E-state index in [1.54, 1.807) is 0 Å². The molecule has 0 aliphatic carbocycles. The van der Waals surface area contributed by atoms with Crippen molar-refractivity contribution in [2.24, 2.45) is 0 Å². The highest BCUT2D eigenvalue weighted by Gasteiger charge is 2.19. The first kappa shape index (κ1) is 27.4. The van der Waals surface area contributed by atoms with Crippen molar-refractivity contribution in [3.05, 3.63) is 158 Å². The minimum Gasteiger partial charge on any atom is -0.438 e. The molecule has 7 aromatic carbocycles. The van der Waals surface area contributed by atoms with Gasteiger partial charge in [-0.25, -0.2) is 19.9 Å². The molecule has 0 bridgehead atoms. The van der Waals surface area contributed by atoms with Gasteiger partial charge in [-0.2, -0.15) is 0 Å². The van der Waals surface area contributed by atoms with Gasteiger partial charge in [-0.1, -0.05) is 121 Å². The maximum Gasteiger partial charge on any atom is 0.227 e. The van der Waals surface area contributed by atoms with E-state index in [-0.39, 0.29) is 0 Å². The van der Waals surface area contributed by atoms with Crippen molar-refractivity contribution in [3.8, 4) is 45.3 Å². The van der Waals surface area contributed by atoms with Gasteiger partial charge in [0.1, 0.15) is 5.58 Å². The van der Waals surface area contributed by atoms with Gasteiger partial charge in [0, 0.05) is 28.3 Å². The molecule has 0 spiro atoms. The molecule has 0 amide bonds. The number of fused-ring (bicyclic) bond motifs is 6. The number of hydrogen-bond acceptors (Lipinski definition) is 5. The average Bonchev–Trinajstić information content (AvgIpc) is 3.56. The quantitative estimate of drug-likeness (QED) is 0.194. The molecule has 228 valence electrons. The van der Waals surface area contributed by atoms with Crippen molar-refractivity contribution in [3.63, 3.8) is 0 Å². The van der Waals surface area contributed by atoms with Crippen LogP contribution in [0.1, 0.15) is 0 Å². The molecule has 49 heavy (non-hydrogen) atoms. The highest BCUT2D eigenvalue weighted by molar-refractivity contribution is 6.15. The average molecular weight is 627 g/mol. The Kier molecular flexibility index (Phi) is 6.11. The number of para-hydroxylation sites is 1. The molecule has 10 aromatic rings. The number of rotatable bonds is 4. The van der Waals surface area contributed by atoms with Crippen LogP contribution in [-0.4, -0.2) is 19.9 Å². The molecule has 5 nitrogen and oxygen atoms in total. The van der Waals surface area contributed by atoms with Crippen LogP contribution in [0.2, 0.25) is 0 Å². The van der Waals surface area contributed by atoms with Crippen LogP contribution < -0.4 is 0 Å². The first-order chi connectivity index (χ1) is 24.3. The molecule has 0 radical (unpaired) electrons. The molecule has 0 saturated carbocycles. The van der Waals surface area contributed by atoms with Crippen LogP contribution in [-0.2, 0) is 0 Å². The van der Waals surface area contributed by atoms with Crippen LogP contribution in [0.15, 0.2) is 162 Å². The van der Waals surface area contributed by atoms with E-state index in [4.69, 9.17) is 19.4 Å². The van der Waals surface area contributed by atoms with Gasteiger partial charge in [-0.15, -0.1) is 0 Å². The molecule has 0 unspecified atom stereocenters. The SMILES string of the molecule is c1ccc2cc(-c3nc(-c4ccc5ccccc5c4)nc(-c4ccc(-c5ccnc6oc7ccccc7c56)c5ccccc45)n3)ccc2c1. The summed E-state index contributed by atoms with van der Waals surface area (Å²) in [5.41, 5.74) is 6.44. The molecule has 3 aromatic heterocycles. The zero-order chi connectivity index (χ0) is 32.3. The van der Waals surface area contributed by atoms with Crippen molar-refractivity contribution in [2.75, 3.05) is 0 Å². The fourth-order valence-corrected chi connectivity index (χ4v) is 7.01. The molecule has 3 heterocycles. The lowest BCUT2D eigenvalue weighted by Gasteiger charge is -2.14. The molecular weight excluding hydrogens is 601 g/mol. The summed E-state index contributed by atoms with van der Waals surface area (Å²) in [7, 11) is 0. The Morgan fingerprint density at radius 2 is 0.918 bits per heavy atom. The van der Waals surface area contributed by atoms with E-state index in [1.807, 2.05) is 24.4 Å². The third kappa shape index (κ3) is 4.55. The lowest BCUT2D eigenvalue weighted by Crippen LogP contribution is -2.01. The first-order valence-corrected chi connectivity index (χ1v) is 16.3. The van der Waals surface area contributed by atoms with Crippen LogP contribution in [0, 0.1) is 0 Å². The summed E-state index contributed by atoms with van der Waals surface area (Å²) < 4.78 is 6.15. The minimum absolute atomic E-state index is 0.623. The van der Waals surface area contributed by atoms with Gasteiger partial charge in [0.15, 0.2) is 17.5 Å². The third-order valence-corrected chi connectivity index (χ3v) is 9.39. The Hall–Kier alpha value is -6.72. The standard InChI is InChI=1S/C44H26N4O/c1-3-11-29-25-31(19-17-27(29)9-1)41-46-42(32-20-18-28-10-2-4-12-30(28)26-32)48-43(47-41)37-22-21-35(33-13-5-6-14-34(33)37)36-23-24-45-44-40(36)38-15-7-8-16-39(38)49-44/h1-26H. The molecule has 0 saturated heterocycles. The second-order valence-electron chi connectivity index (χ2n) is 12.3. The Labute approximate surface area is 281 Å². The number of nitrogens with zero attached hydrogens (tertiary/aromatic N) is 4. The summed E-state index contributed by atoms with van der Waals surface area (Å²) in [4.78, 5) is 20.0. The molecule has 0 N–H and O–H groups in total. The van der Waals surface area contributed by atoms with Gasteiger partial charge in [-0.3, -0.25) is 0 Å². The van der Waals surface area contributed by atoms with Crippen LogP contribution in [0.4, 0.5) is 0 Å². The first-order valence-electron chi connectivity index (χ1n) is 16.3. The van der Waals surface area contributed by atoms with Gasteiger partial charge in [0.05, 0.1) is 5.39 Å². The second-order valence-corrected chi connectivity index (χ2v) is 12.3. The summed E-state index contributed by atoms with van der Waals surface area (Å²) >= 11 is 0. The minimum atomic E-state index is 0.623. The van der Waals surface area contributed by atoms with E-state index in [1.165, 1.54) is 10.8 Å². The van der Waals surface area contributed by atoms with Gasteiger partial charge in [0.2, 0.25) is 5.71 Å². The number of furan rings is 1. The summed E-state index contributed by atoms with van der Waals surface area (Å²) in [6, 6.07) is 52.4. The lowest BCUT2D eigenvalue weighted by molar-refractivity contribution is 0.654. The third-order valence-electron chi connectivity index (χ3n) is 9.39. The Bertz CT molecular complexity index is 2810. The zero-order valence-corrected chi connectivity index (χ0v) is 26.2. The number of hydrogen-bond donors (Lipinski definition) is 0. The van der Waals surface area contributed by atoms with E-state index in [0.29, 0.717) is 23.2 Å². The van der Waals surface area contributed by atoms with E-state index in [0.717, 1.165) is 65.7 Å². The Balaban J connectivity index is 1.21. The number of pyridine rings is 1. The van der Waals surface area contributed by atoms with Crippen molar-refractivity contribution < 1.29 is 4.42 Å². The largest absolute Gasteiger partial charge is 0.438 e. The van der Waals surface area contributed by atoms with Crippen molar-refractivity contribution >= 4 is 54.4 Å². The van der Waals surface area contributed by atoms with E-state index in [9.17, 15) is 0 Å². The fourth-order valence-electron chi connectivity index (χ4n) is 7.01. The van der Waals surface area contributed by atoms with Crippen LogP contribution >= 0.6 is 0 Å². The fraction of sp³-hybridized carbons (Fsp3) is 0. The van der Waals surface area contributed by atoms with E-state index < -0.39 is 0 Å². The highest BCUT2D eigenvalue weighted by atomic mass is 16.3. The molecule has 10 rings (SSSR count). The summed E-state index contributed by atoms with van der Waals surface area (Å²) in [5.74, 6) is 1.89. The lowest BCUT2D eigenvalue weighted by atomic mass is 9.93. The predicted octanol–water partition coefficient (Wildman–Crippen LogP) is 11.3. The van der Waals surface area contributed by atoms with Crippen molar-refractivity contribution in [2.45, 2.75) is 0 Å². The van der Waals surface area contributed by atoms with E-state index >= 15 is 0 Å². The van der Waals surface area contributed by atoms with Crippen molar-refractivity contribution in [1.29, 1.82) is 0 Å². The summed E-state index contributed by atoms with van der Waals surface area (Å²) in [6.07, 6.45) is 1.82. The second kappa shape index (κ2) is 10.9. The van der Waals surface area contributed by atoms with Gasteiger partial charge >= 0.3 is 0 Å². The summed E-state index contributed by atoms with van der Waals surface area (Å²) in [6.45, 7) is 0. The maximum absolute atomic E-state index is 6.15. The molecule has 0 aliphatic rings. The normalized spacial score (nSPS) is 11.7. The molecule has 0 fully saturated rings. The predicted molar refractivity (Wildman–Crippen MR) is 199 cm³/mol. The monoisotopic (exact) mass is 626 g/mol. The van der Waals surface area contributed by atoms with Gasteiger partial charge in [-0.05, 0) is 73.8 Å². The zero-order valence-electron chi connectivity index (χ0n) is 26.2. The number of benzene rings is 7. The molecule has 5 heteroatoms. The number of aromatic nitrogens is 4.